The van der Waals surface area contributed by atoms with Crippen molar-refractivity contribution in [2.45, 2.75) is 12.5 Å². The van der Waals surface area contributed by atoms with E-state index in [2.05, 4.69) is 9.88 Å². The minimum absolute atomic E-state index is 0.236. The number of fused-ring (bicyclic) bond motifs is 1. The van der Waals surface area contributed by atoms with Gasteiger partial charge in [-0.25, -0.2) is 4.98 Å². The van der Waals surface area contributed by atoms with E-state index in [1.54, 1.807) is 7.11 Å². The summed E-state index contributed by atoms with van der Waals surface area (Å²) in [5.41, 5.74) is 0. The summed E-state index contributed by atoms with van der Waals surface area (Å²) in [6, 6.07) is 7.96. The molecule has 0 unspecified atom stereocenters. The second-order valence-electron chi connectivity index (χ2n) is 4.61. The molecule has 3 rings (SSSR count). The number of pyridine rings is 1. The Morgan fingerprint density at radius 2 is 2.28 bits per heavy atom. The molecule has 2 aromatic rings. The highest BCUT2D eigenvalue weighted by atomic mass is 16.5. The third kappa shape index (κ3) is 1.88. The SMILES string of the molecule is COc1ccc2c(N3CC[C@H](O)C3)nccc2c1. The van der Waals surface area contributed by atoms with Crippen molar-refractivity contribution in [3.8, 4) is 5.75 Å². The molecular weight excluding hydrogens is 228 g/mol. The van der Waals surface area contributed by atoms with Gasteiger partial charge in [-0.05, 0) is 36.1 Å². The Hall–Kier alpha value is -1.81. The number of anilines is 1. The third-order valence-corrected chi connectivity index (χ3v) is 3.41. The first-order valence-electron chi connectivity index (χ1n) is 6.13. The largest absolute Gasteiger partial charge is 0.497 e. The summed E-state index contributed by atoms with van der Waals surface area (Å²) in [6.45, 7) is 1.53. The summed E-state index contributed by atoms with van der Waals surface area (Å²) in [7, 11) is 1.67. The van der Waals surface area contributed by atoms with Crippen LogP contribution in [0.15, 0.2) is 30.5 Å². The Balaban J connectivity index is 2.07. The summed E-state index contributed by atoms with van der Waals surface area (Å²) in [5, 5.41) is 11.8. The number of hydrogen-bond donors (Lipinski definition) is 1. The van der Waals surface area contributed by atoms with E-state index in [0.29, 0.717) is 6.54 Å². The maximum Gasteiger partial charge on any atom is 0.136 e. The Labute approximate surface area is 106 Å². The Kier molecular flexibility index (Phi) is 2.80. The van der Waals surface area contributed by atoms with Gasteiger partial charge in [0.15, 0.2) is 0 Å². The van der Waals surface area contributed by atoms with Crippen LogP contribution in [0.5, 0.6) is 5.75 Å². The quantitative estimate of drug-likeness (QED) is 0.875. The number of methoxy groups -OCH3 is 1. The lowest BCUT2D eigenvalue weighted by Crippen LogP contribution is -2.22. The zero-order valence-electron chi connectivity index (χ0n) is 10.3. The van der Waals surface area contributed by atoms with E-state index in [4.69, 9.17) is 4.74 Å². The summed E-state index contributed by atoms with van der Waals surface area (Å²) in [4.78, 5) is 6.59. The third-order valence-electron chi connectivity index (χ3n) is 3.41. The predicted molar refractivity (Wildman–Crippen MR) is 71.1 cm³/mol. The van der Waals surface area contributed by atoms with Crippen LogP contribution in [0.3, 0.4) is 0 Å². The molecule has 1 aromatic heterocycles. The summed E-state index contributed by atoms with van der Waals surface area (Å²) in [6.07, 6.45) is 2.39. The topological polar surface area (TPSA) is 45.6 Å². The number of ether oxygens (including phenoxy) is 1. The van der Waals surface area contributed by atoms with Gasteiger partial charge in [0.2, 0.25) is 0 Å². The van der Waals surface area contributed by atoms with Crippen molar-refractivity contribution >= 4 is 16.6 Å². The fourth-order valence-electron chi connectivity index (χ4n) is 2.45. The smallest absolute Gasteiger partial charge is 0.136 e. The number of aromatic nitrogens is 1. The van der Waals surface area contributed by atoms with Gasteiger partial charge >= 0.3 is 0 Å². The lowest BCUT2D eigenvalue weighted by molar-refractivity contribution is 0.198. The molecule has 1 aromatic carbocycles. The van der Waals surface area contributed by atoms with Gasteiger partial charge < -0.3 is 14.7 Å². The fraction of sp³-hybridized carbons (Fsp3) is 0.357. The van der Waals surface area contributed by atoms with Crippen LogP contribution in [0.1, 0.15) is 6.42 Å². The number of β-amino-alcohol motifs (C(OH)–C–C–N with tert-alkyl or cyclic N) is 1. The molecule has 0 spiro atoms. The summed E-state index contributed by atoms with van der Waals surface area (Å²) < 4.78 is 5.23. The normalized spacial score (nSPS) is 19.4. The Morgan fingerprint density at radius 3 is 3.00 bits per heavy atom. The van der Waals surface area contributed by atoms with Crippen LogP contribution in [0.25, 0.3) is 10.8 Å². The highest BCUT2D eigenvalue weighted by Crippen LogP contribution is 2.29. The molecule has 18 heavy (non-hydrogen) atoms. The molecule has 0 bridgehead atoms. The van der Waals surface area contributed by atoms with Gasteiger partial charge in [-0.2, -0.15) is 0 Å². The fourth-order valence-corrected chi connectivity index (χ4v) is 2.45. The Bertz CT molecular complexity index is 571. The maximum atomic E-state index is 9.63. The van der Waals surface area contributed by atoms with Crippen LogP contribution in [0.2, 0.25) is 0 Å². The lowest BCUT2D eigenvalue weighted by atomic mass is 10.1. The summed E-state index contributed by atoms with van der Waals surface area (Å²) >= 11 is 0. The number of aliphatic hydroxyl groups is 1. The predicted octanol–water partition coefficient (Wildman–Crippen LogP) is 1.81. The molecule has 0 amide bonds. The van der Waals surface area contributed by atoms with Crippen molar-refractivity contribution in [1.82, 2.24) is 4.98 Å². The van der Waals surface area contributed by atoms with Crippen molar-refractivity contribution in [2.75, 3.05) is 25.1 Å². The lowest BCUT2D eigenvalue weighted by Gasteiger charge is -2.18. The maximum absolute atomic E-state index is 9.63. The van der Waals surface area contributed by atoms with E-state index in [-0.39, 0.29) is 6.10 Å². The zero-order chi connectivity index (χ0) is 12.5. The Morgan fingerprint density at radius 1 is 1.39 bits per heavy atom. The molecule has 94 valence electrons. The molecule has 0 radical (unpaired) electrons. The number of benzene rings is 1. The highest BCUT2D eigenvalue weighted by Gasteiger charge is 2.22. The molecule has 1 N–H and O–H groups in total. The molecular formula is C14H16N2O2. The van der Waals surface area contributed by atoms with Gasteiger partial charge in [-0.3, -0.25) is 0 Å². The first-order valence-corrected chi connectivity index (χ1v) is 6.13. The average Bonchev–Trinajstić information content (AvgIpc) is 2.84. The van der Waals surface area contributed by atoms with Crippen LogP contribution in [-0.2, 0) is 0 Å². The van der Waals surface area contributed by atoms with Crippen LogP contribution >= 0.6 is 0 Å². The minimum atomic E-state index is -0.236. The zero-order valence-corrected chi connectivity index (χ0v) is 10.3. The molecule has 1 fully saturated rings. The van der Waals surface area contributed by atoms with Crippen LogP contribution < -0.4 is 9.64 Å². The minimum Gasteiger partial charge on any atom is -0.497 e. The van der Waals surface area contributed by atoms with Crippen molar-refractivity contribution in [1.29, 1.82) is 0 Å². The molecule has 1 aliphatic heterocycles. The molecule has 0 saturated carbocycles. The van der Waals surface area contributed by atoms with Crippen molar-refractivity contribution < 1.29 is 9.84 Å². The summed E-state index contributed by atoms with van der Waals surface area (Å²) in [5.74, 6) is 1.80. The van der Waals surface area contributed by atoms with E-state index >= 15 is 0 Å². The van der Waals surface area contributed by atoms with Crippen molar-refractivity contribution in [3.05, 3.63) is 30.5 Å². The van der Waals surface area contributed by atoms with Crippen LogP contribution in [-0.4, -0.2) is 36.4 Å². The highest BCUT2D eigenvalue weighted by molar-refractivity contribution is 5.93. The molecule has 1 aliphatic rings. The van der Waals surface area contributed by atoms with Crippen molar-refractivity contribution in [2.24, 2.45) is 0 Å². The van der Waals surface area contributed by atoms with Gasteiger partial charge in [-0.1, -0.05) is 0 Å². The monoisotopic (exact) mass is 244 g/mol. The van der Waals surface area contributed by atoms with Gasteiger partial charge in [0, 0.05) is 24.7 Å². The standard InChI is InChI=1S/C14H16N2O2/c1-18-12-2-3-13-10(8-12)4-6-15-14(13)16-7-5-11(17)9-16/h2-4,6,8,11,17H,5,7,9H2,1H3/t11-/m0/s1. The van der Waals surface area contributed by atoms with E-state index < -0.39 is 0 Å². The molecule has 0 aliphatic carbocycles. The molecule has 4 nitrogen and oxygen atoms in total. The molecule has 4 heteroatoms. The molecule has 1 saturated heterocycles. The number of aliphatic hydroxyl groups excluding tert-OH is 1. The number of nitrogens with zero attached hydrogens (tertiary/aromatic N) is 2. The van der Waals surface area contributed by atoms with Crippen molar-refractivity contribution in [3.63, 3.8) is 0 Å². The molecule has 1 atom stereocenters. The van der Waals surface area contributed by atoms with Gasteiger partial charge in [0.1, 0.15) is 11.6 Å². The second kappa shape index (κ2) is 4.46. The van der Waals surface area contributed by atoms with E-state index in [0.717, 1.165) is 35.3 Å². The first-order chi connectivity index (χ1) is 8.78. The van der Waals surface area contributed by atoms with E-state index in [9.17, 15) is 5.11 Å². The van der Waals surface area contributed by atoms with Gasteiger partial charge in [0.05, 0.1) is 13.2 Å². The number of rotatable bonds is 2. The van der Waals surface area contributed by atoms with Gasteiger partial charge in [0.25, 0.3) is 0 Å². The average molecular weight is 244 g/mol. The van der Waals surface area contributed by atoms with Crippen LogP contribution in [0.4, 0.5) is 5.82 Å². The van der Waals surface area contributed by atoms with Gasteiger partial charge in [-0.15, -0.1) is 0 Å². The molecule has 2 heterocycles. The van der Waals surface area contributed by atoms with Crippen LogP contribution in [0, 0.1) is 0 Å². The van der Waals surface area contributed by atoms with E-state index in [1.165, 1.54) is 0 Å². The van der Waals surface area contributed by atoms with E-state index in [1.807, 2.05) is 30.5 Å². The number of hydrogen-bond acceptors (Lipinski definition) is 4. The first kappa shape index (κ1) is 11.3. The second-order valence-corrected chi connectivity index (χ2v) is 4.61.